The molecule has 0 amide bonds. The van der Waals surface area contributed by atoms with Crippen LogP contribution in [0.2, 0.25) is 0 Å². The number of fused-ring (bicyclic) bond motifs is 4. The van der Waals surface area contributed by atoms with Crippen LogP contribution >= 0.6 is 0 Å². The number of carbonyl (C=O) groups excluding carboxylic acids is 1. The van der Waals surface area contributed by atoms with E-state index in [0.29, 0.717) is 6.04 Å². The number of likely N-dealkylation sites (tertiary alicyclic amines) is 1. The predicted octanol–water partition coefficient (Wildman–Crippen LogP) is 8.13. The van der Waals surface area contributed by atoms with Gasteiger partial charge in [0.1, 0.15) is 5.82 Å². The first-order chi connectivity index (χ1) is 19.5. The van der Waals surface area contributed by atoms with Gasteiger partial charge < -0.3 is 9.13 Å². The van der Waals surface area contributed by atoms with Crippen molar-refractivity contribution in [1.82, 2.24) is 14.0 Å². The van der Waals surface area contributed by atoms with Crippen molar-refractivity contribution in [2.24, 2.45) is 7.05 Å². The first-order valence-electron chi connectivity index (χ1n) is 14.1. The van der Waals surface area contributed by atoms with Crippen LogP contribution in [-0.4, -0.2) is 32.9 Å². The lowest BCUT2D eigenvalue weighted by atomic mass is 9.98. The standard InChI is InChI=1S/C35H32FN3O/c1-23(40)33-27-8-3-5-11-30(27)37(2)35(33)29-10-7-13-32-34(29)28-9-4-6-12-31(28)39(32)26-18-20-38(21-19-26)22-24-14-16-25(36)17-15-24/h3-17,26H,18-22H2,1-2H3. The Kier molecular flexibility index (Phi) is 6.05. The lowest BCUT2D eigenvalue weighted by Gasteiger charge is -2.33. The molecule has 0 spiro atoms. The lowest BCUT2D eigenvalue weighted by molar-refractivity contribution is 0.101. The summed E-state index contributed by atoms with van der Waals surface area (Å²) in [5.74, 6) is -0.104. The molecule has 1 fully saturated rings. The van der Waals surface area contributed by atoms with Crippen molar-refractivity contribution in [2.45, 2.75) is 32.4 Å². The zero-order valence-electron chi connectivity index (χ0n) is 22.9. The molecule has 200 valence electrons. The predicted molar refractivity (Wildman–Crippen MR) is 161 cm³/mol. The van der Waals surface area contributed by atoms with Crippen molar-refractivity contribution in [1.29, 1.82) is 0 Å². The normalized spacial score (nSPS) is 15.0. The average molecular weight is 530 g/mol. The molecule has 0 aliphatic carbocycles. The highest BCUT2D eigenvalue weighted by Crippen LogP contribution is 2.43. The summed E-state index contributed by atoms with van der Waals surface area (Å²) in [6, 6.07) is 30.7. The van der Waals surface area contributed by atoms with E-state index in [9.17, 15) is 9.18 Å². The van der Waals surface area contributed by atoms with E-state index in [-0.39, 0.29) is 11.6 Å². The maximum atomic E-state index is 13.4. The Bertz CT molecular complexity index is 1890. The second-order valence-electron chi connectivity index (χ2n) is 11.1. The molecule has 6 aromatic rings. The minimum Gasteiger partial charge on any atom is -0.343 e. The molecule has 5 heteroatoms. The topological polar surface area (TPSA) is 30.2 Å². The van der Waals surface area contributed by atoms with Gasteiger partial charge in [-0.2, -0.15) is 0 Å². The fourth-order valence-electron chi connectivity index (χ4n) is 6.89. The number of para-hydroxylation sites is 2. The number of aromatic nitrogens is 2. The zero-order chi connectivity index (χ0) is 27.4. The van der Waals surface area contributed by atoms with E-state index in [2.05, 4.69) is 75.7 Å². The number of hydrogen-bond acceptors (Lipinski definition) is 2. The second kappa shape index (κ2) is 9.76. The summed E-state index contributed by atoms with van der Waals surface area (Å²) in [5.41, 5.74) is 7.55. The van der Waals surface area contributed by atoms with Crippen LogP contribution in [0, 0.1) is 5.82 Å². The largest absolute Gasteiger partial charge is 0.343 e. The summed E-state index contributed by atoms with van der Waals surface area (Å²) in [6.07, 6.45) is 2.10. The van der Waals surface area contributed by atoms with Crippen molar-refractivity contribution in [3.05, 3.63) is 108 Å². The fourth-order valence-corrected chi connectivity index (χ4v) is 6.89. The van der Waals surface area contributed by atoms with E-state index >= 15 is 0 Å². The third-order valence-corrected chi connectivity index (χ3v) is 8.69. The minimum atomic E-state index is -0.188. The average Bonchev–Trinajstić information content (AvgIpc) is 3.47. The van der Waals surface area contributed by atoms with Crippen molar-refractivity contribution in [2.75, 3.05) is 13.1 Å². The first-order valence-corrected chi connectivity index (χ1v) is 14.1. The number of halogens is 1. The van der Waals surface area contributed by atoms with Crippen LogP contribution in [0.4, 0.5) is 4.39 Å². The molecule has 4 aromatic carbocycles. The van der Waals surface area contributed by atoms with Gasteiger partial charge in [-0.05, 0) is 55.7 Å². The van der Waals surface area contributed by atoms with Gasteiger partial charge in [0, 0.05) is 65.5 Å². The molecule has 1 saturated heterocycles. The smallest absolute Gasteiger partial charge is 0.162 e. The van der Waals surface area contributed by atoms with Gasteiger partial charge in [-0.15, -0.1) is 0 Å². The van der Waals surface area contributed by atoms with Gasteiger partial charge in [0.25, 0.3) is 0 Å². The molecule has 0 radical (unpaired) electrons. The van der Waals surface area contributed by atoms with Crippen LogP contribution in [0.3, 0.4) is 0 Å². The number of piperidine rings is 1. The van der Waals surface area contributed by atoms with Crippen LogP contribution in [0.15, 0.2) is 91.0 Å². The number of carbonyl (C=O) groups is 1. The number of hydrogen-bond donors (Lipinski definition) is 0. The summed E-state index contributed by atoms with van der Waals surface area (Å²) < 4.78 is 18.1. The molecule has 3 heterocycles. The van der Waals surface area contributed by atoms with E-state index in [1.54, 1.807) is 19.1 Å². The summed E-state index contributed by atoms with van der Waals surface area (Å²) in [5, 5.41) is 3.43. The van der Waals surface area contributed by atoms with Gasteiger partial charge in [0.15, 0.2) is 5.78 Å². The Morgan fingerprint density at radius 3 is 2.17 bits per heavy atom. The van der Waals surface area contributed by atoms with E-state index in [0.717, 1.165) is 65.8 Å². The highest BCUT2D eigenvalue weighted by atomic mass is 19.1. The summed E-state index contributed by atoms with van der Waals surface area (Å²) >= 11 is 0. The Morgan fingerprint density at radius 2 is 1.45 bits per heavy atom. The molecule has 1 aliphatic rings. The molecule has 0 bridgehead atoms. The molecular weight excluding hydrogens is 497 g/mol. The van der Waals surface area contributed by atoms with Gasteiger partial charge in [-0.1, -0.05) is 60.7 Å². The lowest BCUT2D eigenvalue weighted by Crippen LogP contribution is -2.34. The van der Waals surface area contributed by atoms with Crippen molar-refractivity contribution in [3.8, 4) is 11.3 Å². The Balaban J connectivity index is 1.33. The molecule has 0 atom stereocenters. The van der Waals surface area contributed by atoms with Gasteiger partial charge in [-0.25, -0.2) is 4.39 Å². The molecule has 40 heavy (non-hydrogen) atoms. The molecular formula is C35H32FN3O. The monoisotopic (exact) mass is 529 g/mol. The van der Waals surface area contributed by atoms with Crippen LogP contribution in [-0.2, 0) is 13.6 Å². The number of nitrogens with zero attached hydrogens (tertiary/aromatic N) is 3. The van der Waals surface area contributed by atoms with Crippen LogP contribution in [0.1, 0.15) is 41.7 Å². The third kappa shape index (κ3) is 3.96. The SMILES string of the molecule is CC(=O)c1c(-c2cccc3c2c2ccccc2n3C2CCN(Cc3ccc(F)cc3)CC2)n(C)c2ccccc12. The van der Waals surface area contributed by atoms with Crippen LogP contribution < -0.4 is 0 Å². The van der Waals surface area contributed by atoms with E-state index < -0.39 is 0 Å². The number of benzene rings is 4. The molecule has 0 unspecified atom stereocenters. The summed E-state index contributed by atoms with van der Waals surface area (Å²) in [4.78, 5) is 15.5. The number of rotatable bonds is 5. The van der Waals surface area contributed by atoms with Gasteiger partial charge in [-0.3, -0.25) is 9.69 Å². The van der Waals surface area contributed by atoms with E-state index in [1.165, 1.54) is 21.8 Å². The maximum absolute atomic E-state index is 13.4. The quantitative estimate of drug-likeness (QED) is 0.211. The molecule has 0 N–H and O–H groups in total. The molecule has 2 aromatic heterocycles. The second-order valence-corrected chi connectivity index (χ2v) is 11.1. The van der Waals surface area contributed by atoms with Crippen LogP contribution in [0.25, 0.3) is 44.0 Å². The van der Waals surface area contributed by atoms with Crippen molar-refractivity contribution in [3.63, 3.8) is 0 Å². The van der Waals surface area contributed by atoms with Gasteiger partial charge in [0.05, 0.1) is 16.8 Å². The Labute approximate surface area is 233 Å². The number of Topliss-reactive ketones (excluding diaryl/α,β-unsaturated/α-hetero) is 1. The summed E-state index contributed by atoms with van der Waals surface area (Å²) in [7, 11) is 2.07. The molecule has 0 saturated carbocycles. The first kappa shape index (κ1) is 24.8. The third-order valence-electron chi connectivity index (χ3n) is 8.69. The summed E-state index contributed by atoms with van der Waals surface area (Å²) in [6.45, 7) is 4.51. The van der Waals surface area contributed by atoms with Crippen LogP contribution in [0.5, 0.6) is 0 Å². The number of ketones is 1. The minimum absolute atomic E-state index is 0.0843. The highest BCUT2D eigenvalue weighted by molar-refractivity contribution is 6.19. The van der Waals surface area contributed by atoms with Crippen molar-refractivity contribution < 1.29 is 9.18 Å². The van der Waals surface area contributed by atoms with E-state index in [1.807, 2.05) is 24.3 Å². The molecule has 4 nitrogen and oxygen atoms in total. The van der Waals surface area contributed by atoms with E-state index in [4.69, 9.17) is 0 Å². The maximum Gasteiger partial charge on any atom is 0.162 e. The zero-order valence-corrected chi connectivity index (χ0v) is 22.9. The van der Waals surface area contributed by atoms with Crippen molar-refractivity contribution >= 4 is 38.5 Å². The molecule has 7 rings (SSSR count). The number of aryl methyl sites for hydroxylation is 1. The molecule has 1 aliphatic heterocycles. The fraction of sp³-hybridized carbons (Fsp3) is 0.229. The Hall–Kier alpha value is -4.22. The van der Waals surface area contributed by atoms with Gasteiger partial charge >= 0.3 is 0 Å². The highest BCUT2D eigenvalue weighted by Gasteiger charge is 2.27. The van der Waals surface area contributed by atoms with Gasteiger partial charge in [0.2, 0.25) is 0 Å². The Morgan fingerprint density at radius 1 is 0.800 bits per heavy atom.